The van der Waals surface area contributed by atoms with Crippen molar-refractivity contribution in [1.29, 1.82) is 0 Å². The van der Waals surface area contributed by atoms with Crippen molar-refractivity contribution in [2.75, 3.05) is 19.6 Å². The van der Waals surface area contributed by atoms with Gasteiger partial charge in [-0.3, -0.25) is 4.90 Å². The van der Waals surface area contributed by atoms with Crippen LogP contribution in [0.5, 0.6) is 0 Å². The highest BCUT2D eigenvalue weighted by atomic mass is 19.1. The first-order valence-electron chi connectivity index (χ1n) is 5.59. The first kappa shape index (κ1) is 9.91. The third-order valence-electron chi connectivity index (χ3n) is 3.24. The van der Waals surface area contributed by atoms with Gasteiger partial charge in [0.1, 0.15) is 5.83 Å². The fourth-order valence-electron chi connectivity index (χ4n) is 2.34. The van der Waals surface area contributed by atoms with Crippen LogP contribution < -0.4 is 0 Å². The quantitative estimate of drug-likeness (QED) is 0.621. The van der Waals surface area contributed by atoms with Gasteiger partial charge in [0, 0.05) is 13.0 Å². The van der Waals surface area contributed by atoms with Crippen LogP contribution in [0.3, 0.4) is 0 Å². The van der Waals surface area contributed by atoms with Gasteiger partial charge in [0.2, 0.25) is 0 Å². The van der Waals surface area contributed by atoms with Crippen LogP contribution >= 0.6 is 0 Å². The molecule has 0 aromatic heterocycles. The van der Waals surface area contributed by atoms with Gasteiger partial charge in [0.05, 0.1) is 0 Å². The minimum absolute atomic E-state index is 0.0710. The molecule has 0 aromatic carbocycles. The van der Waals surface area contributed by atoms with Crippen LogP contribution in [-0.2, 0) is 0 Å². The Morgan fingerprint density at radius 3 is 3.00 bits per heavy atom. The average molecular weight is 195 g/mol. The van der Waals surface area contributed by atoms with Crippen LogP contribution in [0.15, 0.2) is 23.0 Å². The summed E-state index contributed by atoms with van der Waals surface area (Å²) in [4.78, 5) is 2.40. The lowest BCUT2D eigenvalue weighted by molar-refractivity contribution is 0.317. The molecule has 0 radical (unpaired) electrons. The molecule has 0 atom stereocenters. The van der Waals surface area contributed by atoms with Crippen LogP contribution in [0.2, 0.25) is 0 Å². The molecule has 0 N–H and O–H groups in total. The predicted molar refractivity (Wildman–Crippen MR) is 56.8 cm³/mol. The topological polar surface area (TPSA) is 3.24 Å². The summed E-state index contributed by atoms with van der Waals surface area (Å²) in [6, 6.07) is 0. The maximum Gasteiger partial charge on any atom is 0.101 e. The fraction of sp³-hybridized carbons (Fsp3) is 0.667. The molecule has 0 aromatic rings. The third kappa shape index (κ3) is 2.06. The maximum atomic E-state index is 13.1. The zero-order valence-electron chi connectivity index (χ0n) is 8.85. The van der Waals surface area contributed by atoms with Gasteiger partial charge in [-0.15, -0.1) is 0 Å². The second-order valence-corrected chi connectivity index (χ2v) is 4.19. The van der Waals surface area contributed by atoms with Crippen molar-refractivity contribution in [1.82, 2.24) is 4.90 Å². The predicted octanol–water partition coefficient (Wildman–Crippen LogP) is 3.05. The summed E-state index contributed by atoms with van der Waals surface area (Å²) in [6.07, 6.45) is 5.77. The lowest BCUT2D eigenvalue weighted by Crippen LogP contribution is -2.25. The summed E-state index contributed by atoms with van der Waals surface area (Å²) < 4.78 is 13.1. The van der Waals surface area contributed by atoms with Gasteiger partial charge in [-0.2, -0.15) is 0 Å². The lowest BCUT2D eigenvalue weighted by atomic mass is 9.94. The second kappa shape index (κ2) is 4.26. The molecule has 0 saturated carbocycles. The molecule has 1 nitrogen and oxygen atoms in total. The molecule has 0 fully saturated rings. The fourth-order valence-corrected chi connectivity index (χ4v) is 2.34. The highest BCUT2D eigenvalue weighted by Crippen LogP contribution is 2.30. The molecule has 2 heteroatoms. The Morgan fingerprint density at radius 2 is 2.21 bits per heavy atom. The highest BCUT2D eigenvalue weighted by molar-refractivity contribution is 5.33. The first-order valence-corrected chi connectivity index (χ1v) is 5.59. The molecule has 78 valence electrons. The van der Waals surface area contributed by atoms with Crippen LogP contribution in [0, 0.1) is 0 Å². The Bertz CT molecular complexity index is 278. The first-order chi connectivity index (χ1) is 6.79. The lowest BCUT2D eigenvalue weighted by Gasteiger charge is -2.20. The van der Waals surface area contributed by atoms with Gasteiger partial charge in [0.25, 0.3) is 0 Å². The van der Waals surface area contributed by atoms with Crippen molar-refractivity contribution in [3.05, 3.63) is 23.0 Å². The van der Waals surface area contributed by atoms with E-state index in [4.69, 9.17) is 0 Å². The van der Waals surface area contributed by atoms with E-state index in [1.54, 1.807) is 6.08 Å². The van der Waals surface area contributed by atoms with E-state index < -0.39 is 0 Å². The van der Waals surface area contributed by atoms with E-state index >= 15 is 0 Å². The third-order valence-corrected chi connectivity index (χ3v) is 3.24. The van der Waals surface area contributed by atoms with Crippen molar-refractivity contribution in [3.63, 3.8) is 0 Å². The molecule has 1 aliphatic carbocycles. The van der Waals surface area contributed by atoms with Gasteiger partial charge in [-0.25, -0.2) is 4.39 Å². The van der Waals surface area contributed by atoms with Gasteiger partial charge in [-0.05, 0) is 44.0 Å². The van der Waals surface area contributed by atoms with E-state index in [2.05, 4.69) is 11.8 Å². The van der Waals surface area contributed by atoms with Crippen molar-refractivity contribution in [2.24, 2.45) is 0 Å². The smallest absolute Gasteiger partial charge is 0.101 e. The van der Waals surface area contributed by atoms with Gasteiger partial charge >= 0.3 is 0 Å². The van der Waals surface area contributed by atoms with Crippen molar-refractivity contribution in [3.8, 4) is 0 Å². The Morgan fingerprint density at radius 1 is 1.36 bits per heavy atom. The molecule has 0 saturated heterocycles. The Balaban J connectivity index is 2.17. The number of rotatable bonds is 1. The Hall–Kier alpha value is -0.630. The maximum absolute atomic E-state index is 13.1. The van der Waals surface area contributed by atoms with E-state index in [-0.39, 0.29) is 5.83 Å². The molecule has 1 aliphatic heterocycles. The molecule has 0 amide bonds. The van der Waals surface area contributed by atoms with Crippen LogP contribution in [0.1, 0.15) is 32.6 Å². The SMILES string of the molecule is CCN1CCCC2=C(C=C(F)CC2)C1. The largest absolute Gasteiger partial charge is 0.299 e. The highest BCUT2D eigenvalue weighted by Gasteiger charge is 2.18. The molecule has 0 spiro atoms. The van der Waals surface area contributed by atoms with E-state index in [1.807, 2.05) is 0 Å². The summed E-state index contributed by atoms with van der Waals surface area (Å²) >= 11 is 0. The molecule has 0 bridgehead atoms. The number of nitrogens with zero attached hydrogens (tertiary/aromatic N) is 1. The number of halogens is 1. The Labute approximate surface area is 85.3 Å². The second-order valence-electron chi connectivity index (χ2n) is 4.19. The summed E-state index contributed by atoms with van der Waals surface area (Å²) in [5.41, 5.74) is 2.76. The number of hydrogen-bond acceptors (Lipinski definition) is 1. The standard InChI is InChI=1S/C12H18FN/c1-2-14-7-3-4-10-5-6-12(13)8-11(10)9-14/h8H,2-7,9H2,1H3. The zero-order chi connectivity index (χ0) is 9.97. The number of allylic oxidation sites excluding steroid dienone is 2. The monoisotopic (exact) mass is 195 g/mol. The molecule has 0 unspecified atom stereocenters. The molecule has 1 heterocycles. The molecule has 2 aliphatic rings. The van der Waals surface area contributed by atoms with E-state index in [1.165, 1.54) is 30.5 Å². The van der Waals surface area contributed by atoms with Crippen LogP contribution in [-0.4, -0.2) is 24.5 Å². The van der Waals surface area contributed by atoms with Crippen LogP contribution in [0.4, 0.5) is 4.39 Å². The molecule has 14 heavy (non-hydrogen) atoms. The number of likely N-dealkylation sites (N-methyl/N-ethyl adjacent to an activating group) is 1. The van der Waals surface area contributed by atoms with Crippen LogP contribution in [0.25, 0.3) is 0 Å². The summed E-state index contributed by atoms with van der Waals surface area (Å²) in [5, 5.41) is 0. The average Bonchev–Trinajstić information content (AvgIpc) is 2.38. The normalized spacial score (nSPS) is 24.3. The van der Waals surface area contributed by atoms with Gasteiger partial charge in [-0.1, -0.05) is 12.5 Å². The van der Waals surface area contributed by atoms with E-state index in [0.29, 0.717) is 6.42 Å². The minimum Gasteiger partial charge on any atom is -0.299 e. The molecular weight excluding hydrogens is 177 g/mol. The zero-order valence-corrected chi connectivity index (χ0v) is 8.85. The summed E-state index contributed by atoms with van der Waals surface area (Å²) in [5.74, 6) is 0.0710. The minimum atomic E-state index is 0.0710. The van der Waals surface area contributed by atoms with Crippen molar-refractivity contribution >= 4 is 0 Å². The Kier molecular flexibility index (Phi) is 3.02. The van der Waals surface area contributed by atoms with E-state index in [0.717, 1.165) is 19.5 Å². The summed E-state index contributed by atoms with van der Waals surface area (Å²) in [7, 11) is 0. The van der Waals surface area contributed by atoms with Gasteiger partial charge in [0.15, 0.2) is 0 Å². The molecule has 2 rings (SSSR count). The molecular formula is C12H18FN. The van der Waals surface area contributed by atoms with Gasteiger partial charge < -0.3 is 0 Å². The van der Waals surface area contributed by atoms with Crippen molar-refractivity contribution < 1.29 is 4.39 Å². The number of hydrogen-bond donors (Lipinski definition) is 0. The van der Waals surface area contributed by atoms with Crippen molar-refractivity contribution in [2.45, 2.75) is 32.6 Å². The summed E-state index contributed by atoms with van der Waals surface area (Å²) in [6.45, 7) is 5.37. The van der Waals surface area contributed by atoms with E-state index in [9.17, 15) is 4.39 Å².